The van der Waals surface area contributed by atoms with Crippen molar-refractivity contribution in [1.82, 2.24) is 4.90 Å². The van der Waals surface area contributed by atoms with E-state index < -0.39 is 18.2 Å². The number of carbonyl (C=O) groups is 2. The van der Waals surface area contributed by atoms with E-state index in [-0.39, 0.29) is 25.4 Å². The van der Waals surface area contributed by atoms with E-state index in [1.807, 2.05) is 13.0 Å². The number of unbranched alkanes of at least 4 members (excludes halogenated alkanes) is 1. The summed E-state index contributed by atoms with van der Waals surface area (Å²) < 4.78 is 46.6. The Kier molecular flexibility index (Phi) is 6.99. The van der Waals surface area contributed by atoms with Crippen LogP contribution in [0.2, 0.25) is 0 Å². The highest BCUT2D eigenvalue weighted by Crippen LogP contribution is 2.34. The number of ketones is 1. The molecule has 1 aliphatic heterocycles. The highest BCUT2D eigenvalue weighted by Gasteiger charge is 2.33. The van der Waals surface area contributed by atoms with Gasteiger partial charge in [-0.3, -0.25) is 9.69 Å². The van der Waals surface area contributed by atoms with Crippen molar-refractivity contribution in [2.75, 3.05) is 13.2 Å². The van der Waals surface area contributed by atoms with Gasteiger partial charge in [-0.05, 0) is 41.8 Å². The molecule has 0 atom stereocenters. The molecule has 3 rings (SSSR count). The van der Waals surface area contributed by atoms with Crippen molar-refractivity contribution in [3.8, 4) is 5.75 Å². The lowest BCUT2D eigenvalue weighted by molar-refractivity contribution is -0.274. The molecule has 164 valence electrons. The number of hydrogen-bond acceptors (Lipinski definition) is 4. The third-order valence-electron chi connectivity index (χ3n) is 4.73. The second-order valence-corrected chi connectivity index (χ2v) is 6.95. The van der Waals surface area contributed by atoms with Crippen LogP contribution in [0.3, 0.4) is 0 Å². The number of amides is 1. The van der Waals surface area contributed by atoms with Gasteiger partial charge in [0.25, 0.3) is 0 Å². The van der Waals surface area contributed by atoms with Gasteiger partial charge in [0, 0.05) is 12.0 Å². The third kappa shape index (κ3) is 5.65. The zero-order valence-corrected chi connectivity index (χ0v) is 16.9. The number of cyclic esters (lactones) is 1. The maximum Gasteiger partial charge on any atom is 0.573 e. The molecule has 0 spiro atoms. The number of alkyl halides is 3. The van der Waals surface area contributed by atoms with Gasteiger partial charge in [0.2, 0.25) is 0 Å². The van der Waals surface area contributed by atoms with Crippen LogP contribution >= 0.6 is 0 Å². The van der Waals surface area contributed by atoms with Crippen LogP contribution in [-0.4, -0.2) is 36.3 Å². The molecule has 1 heterocycles. The molecule has 0 bridgehead atoms. The number of nitrogens with zero attached hydrogens (tertiary/aromatic N) is 1. The summed E-state index contributed by atoms with van der Waals surface area (Å²) in [7, 11) is 0. The minimum absolute atomic E-state index is 0.154. The average Bonchev–Trinajstić information content (AvgIpc) is 3.16. The topological polar surface area (TPSA) is 55.8 Å². The Balaban J connectivity index is 2.16. The summed E-state index contributed by atoms with van der Waals surface area (Å²) in [5.41, 5.74) is 1.68. The van der Waals surface area contributed by atoms with Gasteiger partial charge < -0.3 is 9.47 Å². The van der Waals surface area contributed by atoms with Crippen LogP contribution in [0.1, 0.15) is 37.3 Å². The molecule has 0 radical (unpaired) electrons. The lowest BCUT2D eigenvalue weighted by atomic mass is 9.93. The molecule has 5 nitrogen and oxygen atoms in total. The van der Waals surface area contributed by atoms with E-state index in [1.54, 1.807) is 24.3 Å². The lowest BCUT2D eigenvalue weighted by Gasteiger charge is -2.22. The van der Waals surface area contributed by atoms with Crippen LogP contribution in [0.25, 0.3) is 11.3 Å². The zero-order chi connectivity index (χ0) is 22.4. The Morgan fingerprint density at radius 2 is 1.74 bits per heavy atom. The van der Waals surface area contributed by atoms with Crippen LogP contribution in [0, 0.1) is 0 Å². The van der Waals surface area contributed by atoms with Gasteiger partial charge in [0.1, 0.15) is 12.4 Å². The fourth-order valence-electron chi connectivity index (χ4n) is 3.34. The molecule has 0 saturated carbocycles. The second-order valence-electron chi connectivity index (χ2n) is 6.95. The summed E-state index contributed by atoms with van der Waals surface area (Å²) in [6, 6.07) is 14.0. The van der Waals surface area contributed by atoms with E-state index in [1.165, 1.54) is 17.0 Å². The minimum atomic E-state index is -4.82. The zero-order valence-electron chi connectivity index (χ0n) is 16.9. The Hall–Kier alpha value is -3.29. The summed E-state index contributed by atoms with van der Waals surface area (Å²) >= 11 is 0. The molecular weight excluding hydrogens is 411 g/mol. The number of ether oxygens (including phenoxy) is 2. The van der Waals surface area contributed by atoms with Crippen molar-refractivity contribution in [3.63, 3.8) is 0 Å². The first-order chi connectivity index (χ1) is 14.8. The minimum Gasteiger partial charge on any atom is -0.447 e. The van der Waals surface area contributed by atoms with Crippen LogP contribution in [0.5, 0.6) is 5.75 Å². The molecule has 1 saturated heterocycles. The predicted octanol–water partition coefficient (Wildman–Crippen LogP) is 5.67. The number of carbonyl (C=O) groups excluding carboxylic acids is 2. The largest absolute Gasteiger partial charge is 0.573 e. The van der Waals surface area contributed by atoms with Gasteiger partial charge in [0.05, 0.1) is 12.2 Å². The second kappa shape index (κ2) is 9.68. The first kappa shape index (κ1) is 22.4. The maximum atomic E-state index is 13.2. The van der Waals surface area contributed by atoms with Crippen molar-refractivity contribution in [3.05, 3.63) is 65.7 Å². The maximum absolute atomic E-state index is 13.2. The van der Waals surface area contributed by atoms with Crippen LogP contribution in [-0.2, 0) is 9.53 Å². The van der Waals surface area contributed by atoms with Gasteiger partial charge >= 0.3 is 12.5 Å². The smallest absolute Gasteiger partial charge is 0.447 e. The predicted molar refractivity (Wildman–Crippen MR) is 109 cm³/mol. The quantitative estimate of drug-likeness (QED) is 0.398. The monoisotopic (exact) mass is 433 g/mol. The molecule has 0 aliphatic carbocycles. The van der Waals surface area contributed by atoms with E-state index in [0.717, 1.165) is 18.6 Å². The standard InChI is InChI=1S/C23H22F3NO4/c1-2-3-9-19(28)20(16-7-5-4-6-8-16)21(27-14-15-30-22(27)29)17-10-12-18(13-11-17)31-23(24,25)26/h4-8,10-13H,2-3,9,14-15H2,1H3/b21-20+. The van der Waals surface area contributed by atoms with Crippen LogP contribution < -0.4 is 4.74 Å². The molecule has 0 unspecified atom stereocenters. The van der Waals surface area contributed by atoms with Gasteiger partial charge in [-0.2, -0.15) is 0 Å². The fraction of sp³-hybridized carbons (Fsp3) is 0.304. The van der Waals surface area contributed by atoms with Crippen LogP contribution in [0.4, 0.5) is 18.0 Å². The number of Topliss-reactive ketones (excluding diaryl/α,β-unsaturated/α-hetero) is 1. The molecule has 1 aliphatic rings. The molecule has 31 heavy (non-hydrogen) atoms. The number of benzene rings is 2. The van der Waals surface area contributed by atoms with E-state index >= 15 is 0 Å². The van der Waals surface area contributed by atoms with Crippen molar-refractivity contribution in [1.29, 1.82) is 0 Å². The highest BCUT2D eigenvalue weighted by atomic mass is 19.4. The van der Waals surface area contributed by atoms with E-state index in [2.05, 4.69) is 4.74 Å². The van der Waals surface area contributed by atoms with E-state index in [4.69, 9.17) is 4.74 Å². The first-order valence-corrected chi connectivity index (χ1v) is 9.93. The lowest BCUT2D eigenvalue weighted by Crippen LogP contribution is -2.25. The SMILES string of the molecule is CCCCC(=O)/C(=C(\c1ccc(OC(F)(F)F)cc1)N1CCOC1=O)c1ccccc1. The Morgan fingerprint density at radius 1 is 1.06 bits per heavy atom. The number of halogens is 3. The normalized spacial score (nSPS) is 14.8. The van der Waals surface area contributed by atoms with Gasteiger partial charge in [-0.25, -0.2) is 4.79 Å². The third-order valence-corrected chi connectivity index (χ3v) is 4.73. The van der Waals surface area contributed by atoms with Gasteiger partial charge in [-0.1, -0.05) is 43.7 Å². The summed E-state index contributed by atoms with van der Waals surface area (Å²) in [5.74, 6) is -0.545. The molecule has 1 fully saturated rings. The van der Waals surface area contributed by atoms with Gasteiger partial charge in [-0.15, -0.1) is 13.2 Å². The molecule has 0 aromatic heterocycles. The Bertz CT molecular complexity index is 953. The highest BCUT2D eigenvalue weighted by molar-refractivity contribution is 6.28. The molecular formula is C23H22F3NO4. The molecule has 2 aromatic carbocycles. The summed E-state index contributed by atoms with van der Waals surface area (Å²) in [6.45, 7) is 2.35. The summed E-state index contributed by atoms with van der Waals surface area (Å²) in [4.78, 5) is 27.0. The average molecular weight is 433 g/mol. The van der Waals surface area contributed by atoms with Crippen molar-refractivity contribution < 1.29 is 32.2 Å². The molecule has 2 aromatic rings. The molecule has 0 N–H and O–H groups in total. The number of allylic oxidation sites excluding steroid dienone is 1. The van der Waals surface area contributed by atoms with Gasteiger partial charge in [0.15, 0.2) is 5.78 Å². The summed E-state index contributed by atoms with van der Waals surface area (Å²) in [6.07, 6.45) is -3.65. The van der Waals surface area contributed by atoms with E-state index in [9.17, 15) is 22.8 Å². The first-order valence-electron chi connectivity index (χ1n) is 9.93. The Morgan fingerprint density at radius 3 is 2.29 bits per heavy atom. The Labute approximate surface area is 178 Å². The van der Waals surface area contributed by atoms with Crippen molar-refractivity contribution in [2.45, 2.75) is 32.5 Å². The number of rotatable bonds is 8. The molecule has 8 heteroatoms. The van der Waals surface area contributed by atoms with Crippen LogP contribution in [0.15, 0.2) is 54.6 Å². The fourth-order valence-corrected chi connectivity index (χ4v) is 3.34. The summed E-state index contributed by atoms with van der Waals surface area (Å²) in [5, 5.41) is 0. The van der Waals surface area contributed by atoms with Crippen molar-refractivity contribution >= 4 is 23.1 Å². The number of hydrogen-bond donors (Lipinski definition) is 0. The van der Waals surface area contributed by atoms with E-state index in [0.29, 0.717) is 28.8 Å². The molecule has 1 amide bonds. The van der Waals surface area contributed by atoms with Crippen molar-refractivity contribution in [2.24, 2.45) is 0 Å².